The fraction of sp³-hybridized carbons (Fsp3) is 0.286. The lowest BCUT2D eigenvalue weighted by molar-refractivity contribution is -0.120. The second kappa shape index (κ2) is 8.12. The fourth-order valence-electron chi connectivity index (χ4n) is 3.83. The Labute approximate surface area is 179 Å². The van der Waals surface area contributed by atoms with E-state index in [-0.39, 0.29) is 28.3 Å². The summed E-state index contributed by atoms with van der Waals surface area (Å²) in [6.07, 6.45) is 1.04. The number of ether oxygens (including phenoxy) is 1. The maximum atomic E-state index is 13.0. The summed E-state index contributed by atoms with van der Waals surface area (Å²) in [7, 11) is -2.26. The maximum absolute atomic E-state index is 13.0. The molecule has 1 saturated heterocycles. The number of rotatable bonds is 5. The highest BCUT2D eigenvalue weighted by Crippen LogP contribution is 2.28. The maximum Gasteiger partial charge on any atom is 0.261 e. The highest BCUT2D eigenvalue weighted by atomic mass is 32.2. The smallest absolute Gasteiger partial charge is 0.261 e. The van der Waals surface area contributed by atoms with Crippen LogP contribution in [-0.4, -0.2) is 50.6 Å². The van der Waals surface area contributed by atoms with E-state index in [0.29, 0.717) is 25.1 Å². The third-order valence-electron chi connectivity index (χ3n) is 5.47. The number of amides is 3. The molecule has 9 nitrogen and oxygen atoms in total. The van der Waals surface area contributed by atoms with Crippen LogP contribution in [-0.2, 0) is 14.8 Å². The van der Waals surface area contributed by atoms with Crippen molar-refractivity contribution in [1.82, 2.24) is 9.62 Å². The lowest BCUT2D eigenvalue weighted by Crippen LogP contribution is -2.43. The van der Waals surface area contributed by atoms with Gasteiger partial charge in [-0.25, -0.2) is 8.42 Å². The van der Waals surface area contributed by atoms with Crippen molar-refractivity contribution >= 4 is 33.4 Å². The van der Waals surface area contributed by atoms with Crippen molar-refractivity contribution in [2.75, 3.05) is 25.5 Å². The minimum absolute atomic E-state index is 0.0281. The monoisotopic (exact) mass is 443 g/mol. The molecule has 0 radical (unpaired) electrons. The van der Waals surface area contributed by atoms with Crippen LogP contribution in [0.15, 0.2) is 47.4 Å². The van der Waals surface area contributed by atoms with Gasteiger partial charge in [0.1, 0.15) is 5.75 Å². The Hall–Kier alpha value is -3.24. The third-order valence-corrected chi connectivity index (χ3v) is 7.35. The summed E-state index contributed by atoms with van der Waals surface area (Å²) in [5, 5.41) is 4.90. The quantitative estimate of drug-likeness (QED) is 0.677. The Morgan fingerprint density at radius 1 is 1.13 bits per heavy atom. The lowest BCUT2D eigenvalue weighted by atomic mass is 9.98. The Morgan fingerprint density at radius 3 is 2.58 bits per heavy atom. The van der Waals surface area contributed by atoms with Crippen LogP contribution in [0.2, 0.25) is 0 Å². The minimum Gasteiger partial charge on any atom is -0.497 e. The Balaban J connectivity index is 1.51. The van der Waals surface area contributed by atoms with Crippen molar-refractivity contribution in [2.24, 2.45) is 5.92 Å². The summed E-state index contributed by atoms with van der Waals surface area (Å²) in [6.45, 7) is 0.343. The van der Waals surface area contributed by atoms with Gasteiger partial charge in [-0.3, -0.25) is 19.7 Å². The number of carbonyl (C=O) groups is 3. The molecule has 2 aliphatic rings. The van der Waals surface area contributed by atoms with E-state index in [2.05, 4.69) is 10.6 Å². The molecule has 2 aliphatic heterocycles. The number of hydrogen-bond donors (Lipinski definition) is 2. The van der Waals surface area contributed by atoms with Crippen LogP contribution in [0.1, 0.15) is 33.6 Å². The predicted molar refractivity (Wildman–Crippen MR) is 111 cm³/mol. The van der Waals surface area contributed by atoms with Crippen LogP contribution >= 0.6 is 0 Å². The van der Waals surface area contributed by atoms with Crippen LogP contribution < -0.4 is 15.4 Å². The molecule has 1 atom stereocenters. The first-order valence-electron chi connectivity index (χ1n) is 9.75. The Morgan fingerprint density at radius 2 is 1.87 bits per heavy atom. The molecule has 0 aliphatic carbocycles. The SMILES string of the molecule is COc1ccc(S(=O)(=O)N2CCCC(C(=O)Nc3cccc4c3C(=O)NC4=O)C2)cc1. The molecule has 31 heavy (non-hydrogen) atoms. The molecule has 2 aromatic rings. The first-order valence-corrected chi connectivity index (χ1v) is 11.2. The molecule has 0 saturated carbocycles. The fourth-order valence-corrected chi connectivity index (χ4v) is 5.35. The van der Waals surface area contributed by atoms with Crippen LogP contribution in [0, 0.1) is 5.92 Å². The minimum atomic E-state index is -3.76. The van der Waals surface area contributed by atoms with E-state index in [4.69, 9.17) is 4.74 Å². The van der Waals surface area contributed by atoms with Gasteiger partial charge >= 0.3 is 0 Å². The molecule has 2 N–H and O–H groups in total. The van der Waals surface area contributed by atoms with Crippen LogP contribution in [0.25, 0.3) is 0 Å². The third kappa shape index (κ3) is 3.91. The average molecular weight is 443 g/mol. The number of fused-ring (bicyclic) bond motifs is 1. The molecule has 162 valence electrons. The molecular weight excluding hydrogens is 422 g/mol. The van der Waals surface area contributed by atoms with Gasteiger partial charge in [0.05, 0.1) is 34.7 Å². The summed E-state index contributed by atoms with van der Waals surface area (Å²) < 4.78 is 32.4. The molecule has 3 amide bonds. The van der Waals surface area contributed by atoms with Gasteiger partial charge in [0.2, 0.25) is 15.9 Å². The van der Waals surface area contributed by atoms with Crippen LogP contribution in [0.4, 0.5) is 5.69 Å². The highest BCUT2D eigenvalue weighted by molar-refractivity contribution is 7.89. The number of carbonyl (C=O) groups excluding carboxylic acids is 3. The van der Waals surface area contributed by atoms with Gasteiger partial charge in [-0.2, -0.15) is 4.31 Å². The number of imide groups is 1. The number of nitrogens with zero attached hydrogens (tertiary/aromatic N) is 1. The predicted octanol–water partition coefficient (Wildman–Crippen LogP) is 1.62. The molecule has 2 aromatic carbocycles. The molecule has 0 aromatic heterocycles. The van der Waals surface area contributed by atoms with Crippen molar-refractivity contribution in [1.29, 1.82) is 0 Å². The topological polar surface area (TPSA) is 122 Å². The van der Waals surface area contributed by atoms with E-state index in [0.717, 1.165) is 0 Å². The van der Waals surface area contributed by atoms with Gasteiger partial charge in [0.15, 0.2) is 0 Å². The number of sulfonamides is 1. The van der Waals surface area contributed by atoms with Gasteiger partial charge < -0.3 is 10.1 Å². The Bertz CT molecular complexity index is 1160. The van der Waals surface area contributed by atoms with Gasteiger partial charge in [0, 0.05) is 13.1 Å². The average Bonchev–Trinajstić information content (AvgIpc) is 3.08. The summed E-state index contributed by atoms with van der Waals surface area (Å²) in [5.74, 6) is -1.51. The molecule has 0 bridgehead atoms. The Kier molecular flexibility index (Phi) is 5.50. The first-order chi connectivity index (χ1) is 14.8. The first kappa shape index (κ1) is 21.0. The van der Waals surface area contributed by atoms with Crippen LogP contribution in [0.3, 0.4) is 0 Å². The number of piperidine rings is 1. The number of benzene rings is 2. The van der Waals surface area contributed by atoms with Crippen molar-refractivity contribution in [2.45, 2.75) is 17.7 Å². The number of anilines is 1. The molecule has 4 rings (SSSR count). The van der Waals surface area contributed by atoms with Gasteiger partial charge in [-0.05, 0) is 49.2 Å². The molecule has 0 spiro atoms. The number of methoxy groups -OCH3 is 1. The van der Waals surface area contributed by atoms with Crippen molar-refractivity contribution < 1.29 is 27.5 Å². The molecule has 2 heterocycles. The van der Waals surface area contributed by atoms with Gasteiger partial charge in [-0.15, -0.1) is 0 Å². The normalized spacial score (nSPS) is 18.9. The van der Waals surface area contributed by atoms with E-state index >= 15 is 0 Å². The van der Waals surface area contributed by atoms with E-state index in [1.54, 1.807) is 24.3 Å². The van der Waals surface area contributed by atoms with E-state index < -0.39 is 33.7 Å². The summed E-state index contributed by atoms with van der Waals surface area (Å²) in [4.78, 5) is 36.9. The second-order valence-electron chi connectivity index (χ2n) is 7.38. The summed E-state index contributed by atoms with van der Waals surface area (Å²) in [6, 6.07) is 10.7. The number of nitrogens with one attached hydrogen (secondary N) is 2. The molecule has 1 unspecified atom stereocenters. The van der Waals surface area contributed by atoms with E-state index in [1.807, 2.05) is 0 Å². The van der Waals surface area contributed by atoms with Gasteiger partial charge in [-0.1, -0.05) is 6.07 Å². The standard InChI is InChI=1S/C21H21N3O6S/c1-30-14-7-9-15(10-8-14)31(28,29)24-11-3-4-13(12-24)19(25)22-17-6-2-5-16-18(17)21(27)23-20(16)26/h2,5-10,13H,3-4,11-12H2,1H3,(H,22,25)(H,23,26,27). The zero-order valence-corrected chi connectivity index (χ0v) is 17.6. The zero-order chi connectivity index (χ0) is 22.2. The lowest BCUT2D eigenvalue weighted by Gasteiger charge is -2.31. The zero-order valence-electron chi connectivity index (χ0n) is 16.8. The largest absolute Gasteiger partial charge is 0.497 e. The highest BCUT2D eigenvalue weighted by Gasteiger charge is 2.35. The van der Waals surface area contributed by atoms with Crippen LogP contribution in [0.5, 0.6) is 5.75 Å². The van der Waals surface area contributed by atoms with Crippen molar-refractivity contribution in [3.8, 4) is 5.75 Å². The number of hydrogen-bond acceptors (Lipinski definition) is 6. The summed E-state index contributed by atoms with van der Waals surface area (Å²) >= 11 is 0. The van der Waals surface area contributed by atoms with E-state index in [1.165, 1.54) is 29.6 Å². The second-order valence-corrected chi connectivity index (χ2v) is 9.32. The molecule has 1 fully saturated rings. The molecule has 10 heteroatoms. The van der Waals surface area contributed by atoms with Crippen molar-refractivity contribution in [3.05, 3.63) is 53.6 Å². The van der Waals surface area contributed by atoms with E-state index in [9.17, 15) is 22.8 Å². The summed E-state index contributed by atoms with van der Waals surface area (Å²) in [5.41, 5.74) is 0.565. The molecular formula is C21H21N3O6S. The van der Waals surface area contributed by atoms with Crippen molar-refractivity contribution in [3.63, 3.8) is 0 Å². The van der Waals surface area contributed by atoms with Gasteiger partial charge in [0.25, 0.3) is 11.8 Å².